The minimum absolute atomic E-state index is 0.0880. The van der Waals surface area contributed by atoms with Gasteiger partial charge in [0, 0.05) is 5.56 Å². The Hall–Kier alpha value is -2.14. The Balaban J connectivity index is 1.46. The van der Waals surface area contributed by atoms with Crippen LogP contribution in [-0.4, -0.2) is 28.4 Å². The Kier molecular flexibility index (Phi) is 5.07. The highest BCUT2D eigenvalue weighted by molar-refractivity contribution is 5.92. The number of aromatic nitrogens is 2. The first-order valence-electron chi connectivity index (χ1n) is 9.78. The third-order valence-corrected chi connectivity index (χ3v) is 5.50. The SMILES string of the molecule is CC1CCCC(OCC(=O)Nc2c3c(nn2-c2ccccc2)CCC3)C1. The van der Waals surface area contributed by atoms with Crippen molar-refractivity contribution in [2.24, 2.45) is 5.92 Å². The van der Waals surface area contributed by atoms with Crippen molar-refractivity contribution in [2.75, 3.05) is 11.9 Å². The van der Waals surface area contributed by atoms with Crippen molar-refractivity contribution >= 4 is 11.7 Å². The van der Waals surface area contributed by atoms with Gasteiger partial charge in [-0.25, -0.2) is 4.68 Å². The number of anilines is 1. The molecule has 138 valence electrons. The quantitative estimate of drug-likeness (QED) is 0.887. The van der Waals surface area contributed by atoms with Gasteiger partial charge in [-0.15, -0.1) is 0 Å². The number of fused-ring (bicyclic) bond motifs is 1. The number of rotatable bonds is 5. The van der Waals surface area contributed by atoms with Gasteiger partial charge in [-0.2, -0.15) is 5.10 Å². The van der Waals surface area contributed by atoms with Crippen molar-refractivity contribution in [3.63, 3.8) is 0 Å². The van der Waals surface area contributed by atoms with Crippen molar-refractivity contribution in [2.45, 2.75) is 58.0 Å². The Morgan fingerprint density at radius 3 is 2.88 bits per heavy atom. The van der Waals surface area contributed by atoms with E-state index in [1.54, 1.807) is 0 Å². The molecule has 0 bridgehead atoms. The molecule has 5 nitrogen and oxygen atoms in total. The lowest BCUT2D eigenvalue weighted by Gasteiger charge is -2.26. The first-order chi connectivity index (χ1) is 12.7. The molecule has 1 N–H and O–H groups in total. The van der Waals surface area contributed by atoms with Crippen molar-refractivity contribution in [1.29, 1.82) is 0 Å². The van der Waals surface area contributed by atoms with Crippen LogP contribution in [-0.2, 0) is 22.4 Å². The van der Waals surface area contributed by atoms with E-state index in [-0.39, 0.29) is 18.6 Å². The zero-order valence-electron chi connectivity index (χ0n) is 15.4. The highest BCUT2D eigenvalue weighted by Crippen LogP contribution is 2.31. The number of hydrogen-bond donors (Lipinski definition) is 1. The molecule has 1 fully saturated rings. The fourth-order valence-corrected chi connectivity index (χ4v) is 4.17. The maximum atomic E-state index is 12.5. The molecule has 2 atom stereocenters. The molecule has 1 heterocycles. The van der Waals surface area contributed by atoms with Crippen LogP contribution in [0.15, 0.2) is 30.3 Å². The smallest absolute Gasteiger partial charge is 0.251 e. The van der Waals surface area contributed by atoms with E-state index in [0.29, 0.717) is 5.92 Å². The second-order valence-corrected chi connectivity index (χ2v) is 7.63. The molecule has 0 saturated heterocycles. The van der Waals surface area contributed by atoms with Crippen molar-refractivity contribution < 1.29 is 9.53 Å². The molecule has 5 heteroatoms. The van der Waals surface area contributed by atoms with E-state index in [0.717, 1.165) is 49.3 Å². The Morgan fingerprint density at radius 2 is 2.08 bits per heavy atom. The fourth-order valence-electron chi connectivity index (χ4n) is 4.17. The number of ether oxygens (including phenoxy) is 1. The zero-order chi connectivity index (χ0) is 17.9. The van der Waals surface area contributed by atoms with Gasteiger partial charge in [0.05, 0.1) is 17.5 Å². The third kappa shape index (κ3) is 3.68. The zero-order valence-corrected chi connectivity index (χ0v) is 15.4. The molecule has 0 radical (unpaired) electrons. The van der Waals surface area contributed by atoms with Crippen LogP contribution >= 0.6 is 0 Å². The molecule has 2 aliphatic carbocycles. The van der Waals surface area contributed by atoms with Gasteiger partial charge in [0.15, 0.2) is 0 Å². The molecule has 0 aliphatic heterocycles. The first-order valence-corrected chi connectivity index (χ1v) is 9.78. The standard InChI is InChI=1S/C21H27N3O2/c1-15-7-5-10-17(13-15)26-14-20(25)22-21-18-11-6-12-19(18)23-24(21)16-8-3-2-4-9-16/h2-4,8-9,15,17H,5-7,10-14H2,1H3,(H,22,25). The molecule has 1 aromatic carbocycles. The van der Waals surface area contributed by atoms with Crippen LogP contribution < -0.4 is 5.32 Å². The van der Waals surface area contributed by atoms with Gasteiger partial charge in [-0.3, -0.25) is 4.79 Å². The van der Waals surface area contributed by atoms with Crippen LogP contribution in [0.5, 0.6) is 0 Å². The summed E-state index contributed by atoms with van der Waals surface area (Å²) in [6.45, 7) is 2.38. The largest absolute Gasteiger partial charge is 0.368 e. The van der Waals surface area contributed by atoms with E-state index in [4.69, 9.17) is 9.84 Å². The van der Waals surface area contributed by atoms with E-state index in [2.05, 4.69) is 12.2 Å². The lowest BCUT2D eigenvalue weighted by atomic mass is 9.89. The van der Waals surface area contributed by atoms with E-state index >= 15 is 0 Å². The number of nitrogens with zero attached hydrogens (tertiary/aromatic N) is 2. The molecule has 1 aromatic heterocycles. The molecule has 1 saturated carbocycles. The molecule has 2 unspecified atom stereocenters. The topological polar surface area (TPSA) is 56.1 Å². The highest BCUT2D eigenvalue weighted by atomic mass is 16.5. The van der Waals surface area contributed by atoms with Crippen LogP contribution in [0.1, 0.15) is 50.3 Å². The minimum Gasteiger partial charge on any atom is -0.368 e. The lowest BCUT2D eigenvalue weighted by Crippen LogP contribution is -2.27. The molecular weight excluding hydrogens is 326 g/mol. The molecule has 26 heavy (non-hydrogen) atoms. The van der Waals surface area contributed by atoms with Crippen LogP contribution in [0.4, 0.5) is 5.82 Å². The van der Waals surface area contributed by atoms with E-state index in [1.165, 1.54) is 18.4 Å². The molecular formula is C21H27N3O2. The van der Waals surface area contributed by atoms with Gasteiger partial charge in [0.1, 0.15) is 12.4 Å². The predicted octanol–water partition coefficient (Wildman–Crippen LogP) is 3.89. The summed E-state index contributed by atoms with van der Waals surface area (Å²) in [5.74, 6) is 1.42. The first kappa shape index (κ1) is 17.3. The van der Waals surface area contributed by atoms with E-state index < -0.39 is 0 Å². The van der Waals surface area contributed by atoms with Gasteiger partial charge in [0.2, 0.25) is 0 Å². The summed E-state index contributed by atoms with van der Waals surface area (Å²) in [7, 11) is 0. The number of aryl methyl sites for hydroxylation is 1. The molecule has 2 aliphatic rings. The van der Waals surface area contributed by atoms with Crippen LogP contribution in [0.2, 0.25) is 0 Å². The van der Waals surface area contributed by atoms with Crippen molar-refractivity contribution in [3.05, 3.63) is 41.6 Å². The predicted molar refractivity (Wildman–Crippen MR) is 102 cm³/mol. The summed E-state index contributed by atoms with van der Waals surface area (Å²) in [5, 5.41) is 7.81. The number of amides is 1. The van der Waals surface area contributed by atoms with E-state index in [1.807, 2.05) is 35.0 Å². The lowest BCUT2D eigenvalue weighted by molar-refractivity contribution is -0.123. The van der Waals surface area contributed by atoms with Crippen molar-refractivity contribution in [3.8, 4) is 5.69 Å². The molecule has 1 amide bonds. The van der Waals surface area contributed by atoms with Gasteiger partial charge < -0.3 is 10.1 Å². The number of hydrogen-bond acceptors (Lipinski definition) is 3. The average Bonchev–Trinajstić information content (AvgIpc) is 3.24. The van der Waals surface area contributed by atoms with Crippen LogP contribution in [0, 0.1) is 5.92 Å². The summed E-state index contributed by atoms with van der Waals surface area (Å²) in [4.78, 5) is 12.5. The molecule has 4 rings (SSSR count). The summed E-state index contributed by atoms with van der Waals surface area (Å²) >= 11 is 0. The minimum atomic E-state index is -0.0880. The number of benzene rings is 1. The number of para-hydroxylation sites is 1. The maximum Gasteiger partial charge on any atom is 0.251 e. The van der Waals surface area contributed by atoms with Gasteiger partial charge >= 0.3 is 0 Å². The highest BCUT2D eigenvalue weighted by Gasteiger charge is 2.25. The summed E-state index contributed by atoms with van der Waals surface area (Å²) in [6.07, 6.45) is 7.87. The Labute approximate surface area is 154 Å². The molecule has 0 spiro atoms. The van der Waals surface area contributed by atoms with Gasteiger partial charge in [-0.05, 0) is 50.2 Å². The second-order valence-electron chi connectivity index (χ2n) is 7.63. The summed E-state index contributed by atoms with van der Waals surface area (Å²) in [5.41, 5.74) is 3.25. The third-order valence-electron chi connectivity index (χ3n) is 5.50. The second kappa shape index (κ2) is 7.62. The summed E-state index contributed by atoms with van der Waals surface area (Å²) < 4.78 is 7.75. The Bertz CT molecular complexity index is 769. The number of carbonyl (C=O) groups is 1. The van der Waals surface area contributed by atoms with Crippen LogP contribution in [0.3, 0.4) is 0 Å². The van der Waals surface area contributed by atoms with Gasteiger partial charge in [0.25, 0.3) is 5.91 Å². The monoisotopic (exact) mass is 353 g/mol. The van der Waals surface area contributed by atoms with E-state index in [9.17, 15) is 4.79 Å². The summed E-state index contributed by atoms with van der Waals surface area (Å²) in [6, 6.07) is 9.98. The normalized spacial score (nSPS) is 22.2. The van der Waals surface area contributed by atoms with Gasteiger partial charge in [-0.1, -0.05) is 38.0 Å². The fraction of sp³-hybridized carbons (Fsp3) is 0.524. The number of carbonyl (C=O) groups excluding carboxylic acids is 1. The average molecular weight is 353 g/mol. The van der Waals surface area contributed by atoms with Crippen LogP contribution in [0.25, 0.3) is 5.69 Å². The van der Waals surface area contributed by atoms with Crippen molar-refractivity contribution in [1.82, 2.24) is 9.78 Å². The Morgan fingerprint density at radius 1 is 1.23 bits per heavy atom. The number of nitrogens with one attached hydrogen (secondary N) is 1. The maximum absolute atomic E-state index is 12.5. The molecule has 2 aromatic rings.